The van der Waals surface area contributed by atoms with E-state index in [1.54, 1.807) is 46.9 Å². The minimum absolute atomic E-state index is 0.215. The van der Waals surface area contributed by atoms with Gasteiger partial charge in [-0.15, -0.1) is 0 Å². The molecule has 9 heteroatoms. The third-order valence-corrected chi connectivity index (χ3v) is 5.49. The lowest BCUT2D eigenvalue weighted by Crippen LogP contribution is -2.51. The molecule has 0 bridgehead atoms. The zero-order chi connectivity index (χ0) is 23.1. The van der Waals surface area contributed by atoms with Crippen LogP contribution >= 0.6 is 0 Å². The topological polar surface area (TPSA) is 88.8 Å². The second kappa shape index (κ2) is 8.13. The van der Waals surface area contributed by atoms with Crippen LogP contribution in [-0.4, -0.2) is 39.9 Å². The normalized spacial score (nSPS) is 15.4. The summed E-state index contributed by atoms with van der Waals surface area (Å²) in [6.07, 6.45) is 0.978. The summed E-state index contributed by atoms with van der Waals surface area (Å²) in [5, 5.41) is 5.95. The number of carbonyl (C=O) groups excluding carboxylic acids is 1. The molecule has 1 unspecified atom stereocenters. The number of benzene rings is 1. The van der Waals surface area contributed by atoms with E-state index in [4.69, 9.17) is 4.74 Å². The van der Waals surface area contributed by atoms with Crippen molar-refractivity contribution in [1.82, 2.24) is 14.1 Å². The minimum Gasteiger partial charge on any atom is -0.442 e. The van der Waals surface area contributed by atoms with Gasteiger partial charge in [0.25, 0.3) is 5.56 Å². The van der Waals surface area contributed by atoms with Crippen molar-refractivity contribution in [3.8, 4) is 0 Å². The summed E-state index contributed by atoms with van der Waals surface area (Å²) in [6.45, 7) is 5.41. The van der Waals surface area contributed by atoms with E-state index in [9.17, 15) is 14.4 Å². The lowest BCUT2D eigenvalue weighted by molar-refractivity contribution is 0.0137. The quantitative estimate of drug-likeness (QED) is 0.751. The number of carbonyl (C=O) groups is 1. The zero-order valence-corrected chi connectivity index (χ0v) is 19.2. The number of fused-ring (bicyclic) bond motifs is 1. The van der Waals surface area contributed by atoms with Gasteiger partial charge in [0.2, 0.25) is 0 Å². The van der Waals surface area contributed by atoms with E-state index in [2.05, 4.69) is 11.4 Å². The van der Waals surface area contributed by atoms with Gasteiger partial charge in [-0.25, -0.2) is 14.6 Å². The highest BCUT2D eigenvalue weighted by Crippen LogP contribution is 2.38. The van der Waals surface area contributed by atoms with Gasteiger partial charge in [-0.2, -0.15) is 0 Å². The summed E-state index contributed by atoms with van der Waals surface area (Å²) < 4.78 is 8.11. The number of ether oxygens (including phenoxy) is 1. The first kappa shape index (κ1) is 22.5. The van der Waals surface area contributed by atoms with E-state index in [1.165, 1.54) is 22.2 Å². The maximum atomic E-state index is 13.4. The summed E-state index contributed by atoms with van der Waals surface area (Å²) in [6, 6.07) is 7.68. The van der Waals surface area contributed by atoms with Gasteiger partial charge in [-0.05, 0) is 44.7 Å². The van der Waals surface area contributed by atoms with Crippen LogP contribution in [-0.2, 0) is 25.3 Å². The van der Waals surface area contributed by atoms with Crippen LogP contribution in [0.1, 0.15) is 44.4 Å². The van der Waals surface area contributed by atoms with Crippen LogP contribution in [0.4, 0.5) is 16.3 Å². The second-order valence-corrected chi connectivity index (χ2v) is 8.76. The molecule has 1 atom stereocenters. The fraction of sp³-hybridized carbons (Fsp3) is 0.500. The highest BCUT2D eigenvalue weighted by molar-refractivity contribution is 5.74. The molecule has 0 saturated heterocycles. The lowest BCUT2D eigenvalue weighted by atomic mass is 10.1. The lowest BCUT2D eigenvalue weighted by Gasteiger charge is -2.39. The zero-order valence-electron chi connectivity index (χ0n) is 19.2. The molecule has 1 aromatic carbocycles. The van der Waals surface area contributed by atoms with Crippen LogP contribution in [0.3, 0.4) is 0 Å². The van der Waals surface area contributed by atoms with Crippen LogP contribution < -0.4 is 21.6 Å². The first-order valence-electron chi connectivity index (χ1n) is 10.3. The molecule has 1 aliphatic rings. The molecular weight excluding hydrogens is 398 g/mol. The molecule has 9 nitrogen and oxygen atoms in total. The second-order valence-electron chi connectivity index (χ2n) is 8.76. The molecule has 0 aliphatic heterocycles. The summed E-state index contributed by atoms with van der Waals surface area (Å²) in [4.78, 5) is 38.8. The maximum absolute atomic E-state index is 13.4. The Morgan fingerprint density at radius 2 is 1.81 bits per heavy atom. The van der Waals surface area contributed by atoms with Crippen LogP contribution in [0.2, 0.25) is 0 Å². The molecule has 1 aliphatic carbocycles. The van der Waals surface area contributed by atoms with E-state index in [1.807, 2.05) is 18.2 Å². The fourth-order valence-electron chi connectivity index (χ4n) is 4.09. The van der Waals surface area contributed by atoms with E-state index in [0.29, 0.717) is 6.42 Å². The molecule has 168 valence electrons. The Kier molecular flexibility index (Phi) is 5.89. The standard InChI is InChI=1S/C22H31N5O4/c1-22(2,3)31-21(30)27(16-13-12-14-10-8-9-11-15(14)16)26(7)18-17(23-4)19(28)25(6)20(29)24(18)5/h8-11,16,23H,12-13H2,1-7H3. The van der Waals surface area contributed by atoms with Gasteiger partial charge in [-0.1, -0.05) is 24.3 Å². The van der Waals surface area contributed by atoms with Crippen LogP contribution in [0, 0.1) is 0 Å². The molecule has 3 rings (SSSR count). The SMILES string of the molecule is CNc1c(N(C)N(C(=O)OC(C)(C)C)C2CCc3ccccc32)n(C)c(=O)n(C)c1=O. The van der Waals surface area contributed by atoms with Gasteiger partial charge in [0.15, 0.2) is 5.82 Å². The highest BCUT2D eigenvalue weighted by Gasteiger charge is 2.38. The van der Waals surface area contributed by atoms with E-state index in [0.717, 1.165) is 16.6 Å². The van der Waals surface area contributed by atoms with E-state index < -0.39 is 22.9 Å². The maximum Gasteiger partial charge on any atom is 0.429 e. The number of rotatable bonds is 4. The largest absolute Gasteiger partial charge is 0.442 e. The molecule has 2 aromatic rings. The highest BCUT2D eigenvalue weighted by atomic mass is 16.6. The molecule has 31 heavy (non-hydrogen) atoms. The number of aryl methyl sites for hydroxylation is 1. The molecule has 1 heterocycles. The number of anilines is 2. The molecule has 0 radical (unpaired) electrons. The van der Waals surface area contributed by atoms with Crippen molar-refractivity contribution in [2.75, 3.05) is 24.4 Å². The Morgan fingerprint density at radius 1 is 1.16 bits per heavy atom. The fourth-order valence-corrected chi connectivity index (χ4v) is 4.09. The summed E-state index contributed by atoms with van der Waals surface area (Å²) >= 11 is 0. The van der Waals surface area contributed by atoms with Crippen LogP contribution in [0.15, 0.2) is 33.9 Å². The summed E-state index contributed by atoms with van der Waals surface area (Å²) in [7, 11) is 6.28. The van der Waals surface area contributed by atoms with Crippen molar-refractivity contribution < 1.29 is 9.53 Å². The number of amides is 1. The number of nitrogens with one attached hydrogen (secondary N) is 1. The molecule has 1 N–H and O–H groups in total. The van der Waals surface area contributed by atoms with Crippen LogP contribution in [0.25, 0.3) is 0 Å². The Balaban J connectivity index is 2.19. The molecule has 1 aromatic heterocycles. The predicted molar refractivity (Wildman–Crippen MR) is 120 cm³/mol. The van der Waals surface area contributed by atoms with Gasteiger partial charge in [-0.3, -0.25) is 18.9 Å². The Morgan fingerprint density at radius 3 is 2.42 bits per heavy atom. The smallest absolute Gasteiger partial charge is 0.429 e. The number of aromatic nitrogens is 2. The Hall–Kier alpha value is -3.23. The van der Waals surface area contributed by atoms with Crippen LogP contribution in [0.5, 0.6) is 0 Å². The van der Waals surface area contributed by atoms with Crippen molar-refractivity contribution in [2.24, 2.45) is 14.1 Å². The van der Waals surface area contributed by atoms with Crippen molar-refractivity contribution in [2.45, 2.75) is 45.3 Å². The Labute approximate surface area is 181 Å². The number of hydrazine groups is 1. The first-order valence-corrected chi connectivity index (χ1v) is 10.3. The van der Waals surface area contributed by atoms with Crippen molar-refractivity contribution in [3.05, 3.63) is 56.2 Å². The van der Waals surface area contributed by atoms with E-state index >= 15 is 0 Å². The third kappa shape index (κ3) is 4.04. The van der Waals surface area contributed by atoms with Crippen molar-refractivity contribution in [1.29, 1.82) is 0 Å². The Bertz CT molecular complexity index is 1110. The first-order chi connectivity index (χ1) is 14.5. The molecule has 1 amide bonds. The number of hydrogen-bond donors (Lipinski definition) is 1. The monoisotopic (exact) mass is 429 g/mol. The summed E-state index contributed by atoms with van der Waals surface area (Å²) in [5.74, 6) is 0.283. The van der Waals surface area contributed by atoms with Crippen molar-refractivity contribution >= 4 is 17.6 Å². The average Bonchev–Trinajstić information content (AvgIpc) is 3.11. The third-order valence-electron chi connectivity index (χ3n) is 5.49. The van der Waals surface area contributed by atoms with Gasteiger partial charge in [0.1, 0.15) is 11.3 Å². The molecule has 0 saturated carbocycles. The van der Waals surface area contributed by atoms with Gasteiger partial charge >= 0.3 is 11.8 Å². The average molecular weight is 430 g/mol. The number of nitrogens with zero attached hydrogens (tertiary/aromatic N) is 4. The number of hydrogen-bond acceptors (Lipinski definition) is 6. The van der Waals surface area contributed by atoms with E-state index in [-0.39, 0.29) is 17.5 Å². The molecular formula is C22H31N5O4. The minimum atomic E-state index is -0.709. The van der Waals surface area contributed by atoms with Gasteiger partial charge in [0.05, 0.1) is 6.04 Å². The van der Waals surface area contributed by atoms with Gasteiger partial charge in [0, 0.05) is 28.2 Å². The predicted octanol–water partition coefficient (Wildman–Crippen LogP) is 2.40. The molecule has 0 fully saturated rings. The summed E-state index contributed by atoms with van der Waals surface area (Å²) in [5.41, 5.74) is 0.747. The van der Waals surface area contributed by atoms with Gasteiger partial charge < -0.3 is 10.1 Å². The van der Waals surface area contributed by atoms with Crippen molar-refractivity contribution in [3.63, 3.8) is 0 Å². The molecule has 0 spiro atoms.